The van der Waals surface area contributed by atoms with Crippen molar-refractivity contribution in [1.29, 1.82) is 0 Å². The number of hydrogen-bond donors (Lipinski definition) is 0. The minimum atomic E-state index is -1.76. The molecule has 1 aliphatic carbocycles. The zero-order valence-electron chi connectivity index (χ0n) is 21.2. The second kappa shape index (κ2) is 9.98. The van der Waals surface area contributed by atoms with E-state index in [-0.39, 0.29) is 17.0 Å². The van der Waals surface area contributed by atoms with Crippen molar-refractivity contribution in [3.63, 3.8) is 0 Å². The Hall–Kier alpha value is -1.48. The van der Waals surface area contributed by atoms with E-state index >= 15 is 0 Å². The van der Waals surface area contributed by atoms with Crippen LogP contribution in [0.3, 0.4) is 0 Å². The van der Waals surface area contributed by atoms with Gasteiger partial charge in [0.1, 0.15) is 11.6 Å². The summed E-state index contributed by atoms with van der Waals surface area (Å²) in [6.07, 6.45) is 7.90. The average Bonchev–Trinajstić information content (AvgIpc) is 2.68. The highest BCUT2D eigenvalue weighted by atomic mass is 28.3. The van der Waals surface area contributed by atoms with Crippen LogP contribution in [-0.4, -0.2) is 19.6 Å². The second-order valence-corrected chi connectivity index (χ2v) is 16.8. The van der Waals surface area contributed by atoms with E-state index in [0.717, 1.165) is 18.9 Å². The molecule has 1 fully saturated rings. The van der Waals surface area contributed by atoms with Gasteiger partial charge in [-0.2, -0.15) is 0 Å². The van der Waals surface area contributed by atoms with Crippen molar-refractivity contribution in [3.05, 3.63) is 42.0 Å². The number of rotatable bonds is 8. The van der Waals surface area contributed by atoms with Gasteiger partial charge in [-0.25, -0.2) is 0 Å². The minimum absolute atomic E-state index is 0.143. The largest absolute Gasteiger partial charge is 0.299 e. The maximum atomic E-state index is 12.4. The van der Waals surface area contributed by atoms with E-state index in [9.17, 15) is 9.59 Å². The molecular formula is C28H44O2Si. The summed E-state index contributed by atoms with van der Waals surface area (Å²) in [7, 11) is -1.76. The van der Waals surface area contributed by atoms with Crippen molar-refractivity contribution in [1.82, 2.24) is 0 Å². The zero-order chi connectivity index (χ0) is 23.4. The van der Waals surface area contributed by atoms with Gasteiger partial charge >= 0.3 is 0 Å². The van der Waals surface area contributed by atoms with Gasteiger partial charge in [-0.15, -0.1) is 0 Å². The standard InChI is InChI=1S/C28H44O2Si/c1-21(2)31(22(3)4,24-17-15-23(16-18-24)27(5,6)7)20-11-9-10-19-28(8)25(29)13-12-14-26(28)30/h9,11,15-18,21-22H,10,12-14,19-20H2,1-8H3/b11-9+. The molecule has 172 valence electrons. The molecule has 1 saturated carbocycles. The summed E-state index contributed by atoms with van der Waals surface area (Å²) >= 11 is 0. The van der Waals surface area contributed by atoms with Gasteiger partial charge in [-0.05, 0) is 54.3 Å². The predicted molar refractivity (Wildman–Crippen MR) is 136 cm³/mol. The summed E-state index contributed by atoms with van der Waals surface area (Å²) in [6.45, 7) is 18.2. The first-order valence-electron chi connectivity index (χ1n) is 12.2. The van der Waals surface area contributed by atoms with Crippen LogP contribution in [0, 0.1) is 5.41 Å². The fraction of sp³-hybridized carbons (Fsp3) is 0.643. The molecule has 0 N–H and O–H groups in total. The Balaban J connectivity index is 2.18. The number of benzene rings is 1. The molecule has 1 aromatic rings. The summed E-state index contributed by atoms with van der Waals surface area (Å²) in [4.78, 5) is 24.7. The van der Waals surface area contributed by atoms with Crippen LogP contribution in [0.4, 0.5) is 0 Å². The van der Waals surface area contributed by atoms with Crippen LogP contribution in [0.2, 0.25) is 17.1 Å². The van der Waals surface area contributed by atoms with E-state index in [1.807, 2.05) is 6.92 Å². The molecule has 1 aromatic carbocycles. The molecule has 0 heterocycles. The van der Waals surface area contributed by atoms with Crippen molar-refractivity contribution in [3.8, 4) is 0 Å². The Morgan fingerprint density at radius 3 is 1.90 bits per heavy atom. The van der Waals surface area contributed by atoms with Crippen LogP contribution >= 0.6 is 0 Å². The van der Waals surface area contributed by atoms with Crippen LogP contribution in [0.15, 0.2) is 36.4 Å². The fourth-order valence-electron chi connectivity index (χ4n) is 5.37. The molecule has 0 radical (unpaired) electrons. The third-order valence-electron chi connectivity index (χ3n) is 7.82. The average molecular weight is 441 g/mol. The molecule has 2 rings (SSSR count). The second-order valence-electron chi connectivity index (χ2n) is 11.4. The summed E-state index contributed by atoms with van der Waals surface area (Å²) in [5, 5.41) is 1.54. The zero-order valence-corrected chi connectivity index (χ0v) is 22.2. The number of Topliss-reactive ketones (excluding diaryl/α,β-unsaturated/α-hetero) is 2. The van der Waals surface area contributed by atoms with Crippen LogP contribution in [0.1, 0.15) is 93.1 Å². The Kier molecular flexibility index (Phi) is 8.30. The van der Waals surface area contributed by atoms with E-state index in [1.54, 1.807) is 5.19 Å². The number of ketones is 2. The van der Waals surface area contributed by atoms with Gasteiger partial charge < -0.3 is 0 Å². The lowest BCUT2D eigenvalue weighted by Gasteiger charge is -2.40. The number of carbonyl (C=O) groups excluding carboxylic acids is 2. The molecule has 2 nitrogen and oxygen atoms in total. The Labute approximate surface area is 191 Å². The first-order chi connectivity index (χ1) is 14.4. The molecule has 3 heteroatoms. The molecule has 0 unspecified atom stereocenters. The van der Waals surface area contributed by atoms with Crippen LogP contribution < -0.4 is 5.19 Å². The van der Waals surface area contributed by atoms with Crippen molar-refractivity contribution >= 4 is 24.8 Å². The lowest BCUT2D eigenvalue weighted by molar-refractivity contribution is -0.143. The van der Waals surface area contributed by atoms with Crippen molar-refractivity contribution in [2.24, 2.45) is 5.41 Å². The molecule has 31 heavy (non-hydrogen) atoms. The van der Waals surface area contributed by atoms with E-state index in [4.69, 9.17) is 0 Å². The van der Waals surface area contributed by atoms with E-state index in [0.29, 0.717) is 30.3 Å². The Morgan fingerprint density at radius 1 is 0.935 bits per heavy atom. The number of hydrogen-bond acceptors (Lipinski definition) is 2. The lowest BCUT2D eigenvalue weighted by Crippen LogP contribution is -2.52. The summed E-state index contributed by atoms with van der Waals surface area (Å²) in [6, 6.07) is 10.5. The maximum absolute atomic E-state index is 12.4. The molecular weight excluding hydrogens is 396 g/mol. The van der Waals surface area contributed by atoms with Crippen molar-refractivity contribution < 1.29 is 9.59 Å². The van der Waals surface area contributed by atoms with E-state index in [2.05, 4.69) is 84.9 Å². The van der Waals surface area contributed by atoms with Gasteiger partial charge in [0.25, 0.3) is 0 Å². The van der Waals surface area contributed by atoms with Crippen molar-refractivity contribution in [2.45, 2.75) is 110 Å². The first kappa shape index (κ1) is 25.8. The highest BCUT2D eigenvalue weighted by molar-refractivity contribution is 6.94. The smallest absolute Gasteiger partial charge is 0.146 e. The quantitative estimate of drug-likeness (QED) is 0.245. The first-order valence-corrected chi connectivity index (χ1v) is 14.5. The molecule has 0 aliphatic heterocycles. The van der Waals surface area contributed by atoms with Gasteiger partial charge in [0.15, 0.2) is 0 Å². The van der Waals surface area contributed by atoms with Gasteiger partial charge in [-0.3, -0.25) is 9.59 Å². The lowest BCUT2D eigenvalue weighted by atomic mass is 9.71. The molecule has 1 aliphatic rings. The molecule has 0 amide bonds. The van der Waals surface area contributed by atoms with Crippen LogP contribution in [-0.2, 0) is 15.0 Å². The monoisotopic (exact) mass is 440 g/mol. The normalized spacial score (nSPS) is 17.9. The molecule has 0 saturated heterocycles. The Morgan fingerprint density at radius 2 is 1.45 bits per heavy atom. The maximum Gasteiger partial charge on any atom is 0.146 e. The van der Waals surface area contributed by atoms with Gasteiger partial charge in [0.2, 0.25) is 0 Å². The third-order valence-corrected chi connectivity index (χ3v) is 14.3. The minimum Gasteiger partial charge on any atom is -0.299 e. The van der Waals surface area contributed by atoms with Gasteiger partial charge in [0.05, 0.1) is 13.5 Å². The SMILES string of the molecule is CC(C)[Si](C/C=C/CCC1(C)C(=O)CCCC1=O)(c1ccc(C(C)(C)C)cc1)C(C)C. The summed E-state index contributed by atoms with van der Waals surface area (Å²) in [5.41, 5.74) is 2.07. The third kappa shape index (κ3) is 5.48. The molecule has 0 atom stereocenters. The molecule has 0 bridgehead atoms. The molecule has 0 aromatic heterocycles. The van der Waals surface area contributed by atoms with Gasteiger partial charge in [0, 0.05) is 12.8 Å². The fourth-order valence-corrected chi connectivity index (χ4v) is 10.6. The van der Waals surface area contributed by atoms with Crippen molar-refractivity contribution in [2.75, 3.05) is 0 Å². The predicted octanol–water partition coefficient (Wildman–Crippen LogP) is 7.12. The van der Waals surface area contributed by atoms with Crippen LogP contribution in [0.25, 0.3) is 0 Å². The summed E-state index contributed by atoms with van der Waals surface area (Å²) < 4.78 is 0. The summed E-state index contributed by atoms with van der Waals surface area (Å²) in [5.74, 6) is 0.286. The Bertz CT molecular complexity index is 769. The highest BCUT2D eigenvalue weighted by Gasteiger charge is 2.42. The van der Waals surface area contributed by atoms with Gasteiger partial charge in [-0.1, -0.05) is 90.1 Å². The topological polar surface area (TPSA) is 34.1 Å². The van der Waals surface area contributed by atoms with Crippen LogP contribution in [0.5, 0.6) is 0 Å². The number of allylic oxidation sites excluding steroid dienone is 2. The van der Waals surface area contributed by atoms with E-state index in [1.165, 1.54) is 5.56 Å². The van der Waals surface area contributed by atoms with E-state index < -0.39 is 13.5 Å². The number of carbonyl (C=O) groups is 2. The molecule has 0 spiro atoms. The highest BCUT2D eigenvalue weighted by Crippen LogP contribution is 2.37.